The summed E-state index contributed by atoms with van der Waals surface area (Å²) >= 11 is 0. The van der Waals surface area contributed by atoms with Crippen molar-refractivity contribution in [3.63, 3.8) is 0 Å². The maximum Gasteiger partial charge on any atom is 0.291 e. The van der Waals surface area contributed by atoms with Crippen LogP contribution in [-0.2, 0) is 13.0 Å². The first-order valence-electron chi connectivity index (χ1n) is 9.48. The molecule has 0 bridgehead atoms. The van der Waals surface area contributed by atoms with E-state index >= 15 is 0 Å². The minimum absolute atomic E-state index is 0.256. The molecule has 0 spiro atoms. The fourth-order valence-corrected chi connectivity index (χ4v) is 3.04. The van der Waals surface area contributed by atoms with Gasteiger partial charge in [-0.25, -0.2) is 0 Å². The van der Waals surface area contributed by atoms with Crippen LogP contribution in [0.2, 0.25) is 0 Å². The van der Waals surface area contributed by atoms with Crippen molar-refractivity contribution in [1.29, 1.82) is 0 Å². The van der Waals surface area contributed by atoms with Crippen molar-refractivity contribution >= 4 is 11.6 Å². The highest BCUT2D eigenvalue weighted by Gasteiger charge is 2.14. The van der Waals surface area contributed by atoms with E-state index in [9.17, 15) is 4.79 Å². The molecule has 0 unspecified atom stereocenters. The lowest BCUT2D eigenvalue weighted by Gasteiger charge is -2.10. The predicted octanol–water partition coefficient (Wildman–Crippen LogP) is 5.70. The van der Waals surface area contributed by atoms with Crippen LogP contribution in [0.15, 0.2) is 101 Å². The molecule has 0 aliphatic carbocycles. The zero-order valence-electron chi connectivity index (χ0n) is 15.9. The Morgan fingerprint density at radius 3 is 2.28 bits per heavy atom. The molecule has 4 nitrogen and oxygen atoms in total. The maximum absolute atomic E-state index is 12.7. The number of rotatable bonds is 7. The average Bonchev–Trinajstić information content (AvgIpc) is 3.24. The molecule has 0 atom stereocenters. The Balaban J connectivity index is 1.42. The normalized spacial score (nSPS) is 10.5. The Morgan fingerprint density at radius 2 is 1.48 bits per heavy atom. The zero-order valence-corrected chi connectivity index (χ0v) is 15.9. The molecule has 4 heteroatoms. The van der Waals surface area contributed by atoms with E-state index in [0.717, 1.165) is 23.4 Å². The van der Waals surface area contributed by atoms with Gasteiger partial charge < -0.3 is 14.5 Å². The maximum atomic E-state index is 12.7. The fraction of sp³-hybridized carbons (Fsp3) is 0.0800. The third-order valence-corrected chi connectivity index (χ3v) is 4.51. The van der Waals surface area contributed by atoms with Gasteiger partial charge in [-0.05, 0) is 47.9 Å². The van der Waals surface area contributed by atoms with Crippen molar-refractivity contribution in [2.24, 2.45) is 0 Å². The van der Waals surface area contributed by atoms with Gasteiger partial charge in [-0.2, -0.15) is 0 Å². The van der Waals surface area contributed by atoms with Crippen LogP contribution in [0, 0.1) is 0 Å². The van der Waals surface area contributed by atoms with E-state index in [1.54, 1.807) is 12.1 Å². The van der Waals surface area contributed by atoms with Crippen LogP contribution < -0.4 is 10.1 Å². The summed E-state index contributed by atoms with van der Waals surface area (Å²) in [5.74, 6) is 1.32. The molecule has 4 rings (SSSR count). The van der Waals surface area contributed by atoms with Gasteiger partial charge in [0.05, 0.1) is 0 Å². The summed E-state index contributed by atoms with van der Waals surface area (Å²) in [6.07, 6.45) is 0.742. The average molecular weight is 383 g/mol. The van der Waals surface area contributed by atoms with Crippen molar-refractivity contribution < 1.29 is 13.9 Å². The number of amides is 1. The van der Waals surface area contributed by atoms with Gasteiger partial charge in [-0.1, -0.05) is 66.7 Å². The second-order valence-corrected chi connectivity index (χ2v) is 6.64. The lowest BCUT2D eigenvalue weighted by Crippen LogP contribution is -2.12. The number of anilines is 1. The van der Waals surface area contributed by atoms with Gasteiger partial charge in [0.1, 0.15) is 18.1 Å². The fourth-order valence-electron chi connectivity index (χ4n) is 3.04. The van der Waals surface area contributed by atoms with E-state index in [0.29, 0.717) is 5.76 Å². The van der Waals surface area contributed by atoms with E-state index in [1.165, 1.54) is 5.56 Å². The van der Waals surface area contributed by atoms with Crippen molar-refractivity contribution in [2.45, 2.75) is 13.0 Å². The smallest absolute Gasteiger partial charge is 0.291 e. The number of nitrogens with one attached hydrogen (secondary N) is 1. The van der Waals surface area contributed by atoms with Crippen LogP contribution in [0.4, 0.5) is 5.69 Å². The molecule has 0 aliphatic rings. The third-order valence-electron chi connectivity index (χ3n) is 4.51. The quantitative estimate of drug-likeness (QED) is 0.445. The molecular weight excluding hydrogens is 362 g/mol. The van der Waals surface area contributed by atoms with Crippen LogP contribution in [0.1, 0.15) is 27.4 Å². The van der Waals surface area contributed by atoms with Gasteiger partial charge in [0.25, 0.3) is 5.91 Å². The van der Waals surface area contributed by atoms with Gasteiger partial charge in [0.15, 0.2) is 5.76 Å². The Labute approximate surface area is 169 Å². The van der Waals surface area contributed by atoms with Gasteiger partial charge in [0.2, 0.25) is 0 Å². The summed E-state index contributed by atoms with van der Waals surface area (Å²) < 4.78 is 11.3. The summed E-state index contributed by atoms with van der Waals surface area (Å²) in [5.41, 5.74) is 3.01. The number of ether oxygens (including phenoxy) is 1. The molecule has 29 heavy (non-hydrogen) atoms. The van der Waals surface area contributed by atoms with E-state index in [4.69, 9.17) is 9.15 Å². The van der Waals surface area contributed by atoms with Gasteiger partial charge in [-0.15, -0.1) is 0 Å². The van der Waals surface area contributed by atoms with Gasteiger partial charge >= 0.3 is 0 Å². The summed E-state index contributed by atoms with van der Waals surface area (Å²) in [6, 6.07) is 30.9. The Bertz CT molecular complexity index is 1070. The molecule has 0 aliphatic heterocycles. The van der Waals surface area contributed by atoms with Crippen molar-refractivity contribution in [3.8, 4) is 5.75 Å². The standard InChI is InChI=1S/C25H21NO3/c27-25(24-16-15-22(29-24)18-28-21-12-5-2-6-13-21)26-23-14-8-7-11-20(23)17-19-9-3-1-4-10-19/h1-16H,17-18H2,(H,26,27). The molecular formula is C25H21NO3. The Kier molecular flexibility index (Phi) is 5.72. The number of furan rings is 1. The number of benzene rings is 3. The van der Waals surface area contributed by atoms with Crippen molar-refractivity contribution in [3.05, 3.63) is 120 Å². The highest BCUT2D eigenvalue weighted by atomic mass is 16.5. The molecule has 0 radical (unpaired) electrons. The van der Waals surface area contributed by atoms with Gasteiger partial charge in [0, 0.05) is 5.69 Å². The molecule has 0 saturated heterocycles. The largest absolute Gasteiger partial charge is 0.486 e. The Hall–Kier alpha value is -3.79. The predicted molar refractivity (Wildman–Crippen MR) is 113 cm³/mol. The van der Waals surface area contributed by atoms with Crippen LogP contribution in [0.3, 0.4) is 0 Å². The first kappa shape index (κ1) is 18.6. The van der Waals surface area contributed by atoms with Crippen LogP contribution >= 0.6 is 0 Å². The zero-order chi connectivity index (χ0) is 19.9. The van der Waals surface area contributed by atoms with Crippen LogP contribution in [-0.4, -0.2) is 5.91 Å². The summed E-state index contributed by atoms with van der Waals surface area (Å²) in [7, 11) is 0. The summed E-state index contributed by atoms with van der Waals surface area (Å²) in [4.78, 5) is 12.7. The molecule has 0 fully saturated rings. The first-order chi connectivity index (χ1) is 14.3. The second-order valence-electron chi connectivity index (χ2n) is 6.64. The number of hydrogen-bond acceptors (Lipinski definition) is 3. The number of hydrogen-bond donors (Lipinski definition) is 1. The first-order valence-corrected chi connectivity index (χ1v) is 9.48. The highest BCUT2D eigenvalue weighted by Crippen LogP contribution is 2.21. The minimum atomic E-state index is -0.281. The van der Waals surface area contributed by atoms with E-state index in [1.807, 2.05) is 72.8 Å². The molecule has 1 heterocycles. The topological polar surface area (TPSA) is 51.5 Å². The minimum Gasteiger partial charge on any atom is -0.486 e. The molecule has 1 N–H and O–H groups in total. The van der Waals surface area contributed by atoms with Crippen molar-refractivity contribution in [1.82, 2.24) is 0 Å². The summed E-state index contributed by atoms with van der Waals surface area (Å²) in [5, 5.41) is 2.96. The van der Waals surface area contributed by atoms with Crippen LogP contribution in [0.5, 0.6) is 5.75 Å². The molecule has 144 valence electrons. The molecule has 4 aromatic rings. The second kappa shape index (κ2) is 8.93. The van der Waals surface area contributed by atoms with Crippen LogP contribution in [0.25, 0.3) is 0 Å². The molecule has 1 amide bonds. The lowest BCUT2D eigenvalue weighted by molar-refractivity contribution is 0.0992. The third kappa shape index (κ3) is 4.93. The SMILES string of the molecule is O=C(Nc1ccccc1Cc1ccccc1)c1ccc(COc2ccccc2)o1. The van der Waals surface area contributed by atoms with E-state index in [-0.39, 0.29) is 18.3 Å². The van der Waals surface area contributed by atoms with Gasteiger partial charge in [-0.3, -0.25) is 4.79 Å². The Morgan fingerprint density at radius 1 is 0.793 bits per heavy atom. The highest BCUT2D eigenvalue weighted by molar-refractivity contribution is 6.02. The summed E-state index contributed by atoms with van der Waals surface area (Å²) in [6.45, 7) is 0.266. The van der Waals surface area contributed by atoms with E-state index in [2.05, 4.69) is 17.4 Å². The van der Waals surface area contributed by atoms with Crippen molar-refractivity contribution in [2.75, 3.05) is 5.32 Å². The number of para-hydroxylation sites is 2. The molecule has 3 aromatic carbocycles. The number of carbonyl (C=O) groups is 1. The molecule has 0 saturated carbocycles. The number of carbonyl (C=O) groups excluding carboxylic acids is 1. The molecule has 1 aromatic heterocycles. The monoisotopic (exact) mass is 383 g/mol. The lowest BCUT2D eigenvalue weighted by atomic mass is 10.0. The van der Waals surface area contributed by atoms with E-state index < -0.39 is 0 Å².